The Kier molecular flexibility index (Phi) is 7.16. The zero-order valence-corrected chi connectivity index (χ0v) is 11.5. The second-order valence-electron chi connectivity index (χ2n) is 4.69. The molecule has 2 heteroatoms. The first-order valence-corrected chi connectivity index (χ1v) is 7.04. The van der Waals surface area contributed by atoms with E-state index in [0.29, 0.717) is 5.75 Å². The van der Waals surface area contributed by atoms with Crippen LogP contribution in [0.3, 0.4) is 0 Å². The second kappa shape index (κ2) is 8.73. The molecule has 2 nitrogen and oxygen atoms in total. The minimum absolute atomic E-state index is 0.0436. The molecular formula is C16H24O2. The zero-order chi connectivity index (χ0) is 13.2. The predicted octanol–water partition coefficient (Wildman–Crippen LogP) is 4.59. The summed E-state index contributed by atoms with van der Waals surface area (Å²) in [5.41, 5.74) is 0. The molecule has 1 unspecified atom stereocenters. The molecule has 0 saturated heterocycles. The van der Waals surface area contributed by atoms with Gasteiger partial charge in [-0.2, -0.15) is 0 Å². The van der Waals surface area contributed by atoms with Crippen molar-refractivity contribution < 1.29 is 9.53 Å². The fourth-order valence-electron chi connectivity index (χ4n) is 1.99. The van der Waals surface area contributed by atoms with Crippen LogP contribution in [0.5, 0.6) is 5.75 Å². The maximum Gasteiger partial charge on any atom is 0.314 e. The molecule has 0 aliphatic heterocycles. The Morgan fingerprint density at radius 2 is 1.83 bits per heavy atom. The predicted molar refractivity (Wildman–Crippen MR) is 74.6 cm³/mol. The van der Waals surface area contributed by atoms with Gasteiger partial charge in [0.25, 0.3) is 0 Å². The highest BCUT2D eigenvalue weighted by atomic mass is 16.5. The van der Waals surface area contributed by atoms with Crippen molar-refractivity contribution in [2.45, 2.75) is 52.4 Å². The Morgan fingerprint density at radius 1 is 1.11 bits per heavy atom. The van der Waals surface area contributed by atoms with Gasteiger partial charge in [0.15, 0.2) is 0 Å². The summed E-state index contributed by atoms with van der Waals surface area (Å²) in [5, 5.41) is 0. The SMILES string of the molecule is CCCCCCC(CC)C(=O)Oc1ccccc1. The maximum absolute atomic E-state index is 12.0. The van der Waals surface area contributed by atoms with Gasteiger partial charge in [-0.15, -0.1) is 0 Å². The summed E-state index contributed by atoms with van der Waals surface area (Å²) < 4.78 is 5.39. The van der Waals surface area contributed by atoms with Gasteiger partial charge in [-0.3, -0.25) is 4.79 Å². The molecule has 0 radical (unpaired) electrons. The van der Waals surface area contributed by atoms with E-state index in [1.807, 2.05) is 30.3 Å². The molecule has 1 rings (SSSR count). The van der Waals surface area contributed by atoms with Crippen LogP contribution >= 0.6 is 0 Å². The molecule has 0 bridgehead atoms. The minimum Gasteiger partial charge on any atom is -0.426 e. The van der Waals surface area contributed by atoms with Crippen LogP contribution in [0.2, 0.25) is 0 Å². The van der Waals surface area contributed by atoms with E-state index in [-0.39, 0.29) is 11.9 Å². The molecule has 0 saturated carbocycles. The molecule has 0 N–H and O–H groups in total. The Labute approximate surface area is 110 Å². The molecule has 1 aromatic carbocycles. The molecule has 100 valence electrons. The molecular weight excluding hydrogens is 224 g/mol. The molecule has 0 aromatic heterocycles. The van der Waals surface area contributed by atoms with E-state index in [2.05, 4.69) is 13.8 Å². The fourth-order valence-corrected chi connectivity index (χ4v) is 1.99. The van der Waals surface area contributed by atoms with E-state index in [4.69, 9.17) is 4.74 Å². The summed E-state index contributed by atoms with van der Waals surface area (Å²) in [6.07, 6.45) is 6.62. The van der Waals surface area contributed by atoms with E-state index in [1.54, 1.807) is 0 Å². The van der Waals surface area contributed by atoms with E-state index in [9.17, 15) is 4.79 Å². The number of hydrogen-bond acceptors (Lipinski definition) is 2. The Bertz CT molecular complexity index is 332. The topological polar surface area (TPSA) is 26.3 Å². The third kappa shape index (κ3) is 5.35. The molecule has 1 atom stereocenters. The van der Waals surface area contributed by atoms with Crippen LogP contribution in [0.25, 0.3) is 0 Å². The van der Waals surface area contributed by atoms with Crippen molar-refractivity contribution in [1.29, 1.82) is 0 Å². The van der Waals surface area contributed by atoms with Gasteiger partial charge in [-0.25, -0.2) is 0 Å². The normalized spacial score (nSPS) is 12.1. The highest BCUT2D eigenvalue weighted by Crippen LogP contribution is 2.18. The van der Waals surface area contributed by atoms with Gasteiger partial charge < -0.3 is 4.74 Å². The van der Waals surface area contributed by atoms with Gasteiger partial charge in [0.1, 0.15) is 5.75 Å². The van der Waals surface area contributed by atoms with Gasteiger partial charge in [0, 0.05) is 0 Å². The highest BCUT2D eigenvalue weighted by molar-refractivity contribution is 5.74. The number of benzene rings is 1. The lowest BCUT2D eigenvalue weighted by molar-refractivity contribution is -0.139. The number of ether oxygens (including phenoxy) is 1. The van der Waals surface area contributed by atoms with Crippen LogP contribution in [0.1, 0.15) is 52.4 Å². The first-order valence-electron chi connectivity index (χ1n) is 7.04. The summed E-state index contributed by atoms with van der Waals surface area (Å²) in [6.45, 7) is 4.25. The van der Waals surface area contributed by atoms with Crippen molar-refractivity contribution >= 4 is 5.97 Å². The Balaban J connectivity index is 2.37. The van der Waals surface area contributed by atoms with Crippen molar-refractivity contribution in [3.05, 3.63) is 30.3 Å². The lowest BCUT2D eigenvalue weighted by Gasteiger charge is -2.13. The zero-order valence-electron chi connectivity index (χ0n) is 11.5. The summed E-state index contributed by atoms with van der Waals surface area (Å²) in [6, 6.07) is 9.32. The first-order chi connectivity index (χ1) is 8.77. The highest BCUT2D eigenvalue weighted by Gasteiger charge is 2.18. The number of para-hydroxylation sites is 1. The molecule has 0 aliphatic rings. The van der Waals surface area contributed by atoms with Gasteiger partial charge in [-0.05, 0) is 25.0 Å². The van der Waals surface area contributed by atoms with Crippen molar-refractivity contribution in [3.8, 4) is 5.75 Å². The average Bonchev–Trinajstić information content (AvgIpc) is 2.40. The van der Waals surface area contributed by atoms with Crippen LogP contribution < -0.4 is 4.74 Å². The lowest BCUT2D eigenvalue weighted by Crippen LogP contribution is -2.20. The summed E-state index contributed by atoms with van der Waals surface area (Å²) in [7, 11) is 0. The summed E-state index contributed by atoms with van der Waals surface area (Å²) in [4.78, 5) is 12.0. The Hall–Kier alpha value is -1.31. The summed E-state index contributed by atoms with van der Waals surface area (Å²) in [5.74, 6) is 0.608. The number of carbonyl (C=O) groups is 1. The van der Waals surface area contributed by atoms with Gasteiger partial charge in [0.05, 0.1) is 5.92 Å². The smallest absolute Gasteiger partial charge is 0.314 e. The second-order valence-corrected chi connectivity index (χ2v) is 4.69. The molecule has 0 heterocycles. The molecule has 0 aliphatic carbocycles. The maximum atomic E-state index is 12.0. The van der Waals surface area contributed by atoms with Crippen LogP contribution in [-0.4, -0.2) is 5.97 Å². The largest absolute Gasteiger partial charge is 0.426 e. The first kappa shape index (κ1) is 14.7. The molecule has 18 heavy (non-hydrogen) atoms. The number of hydrogen-bond donors (Lipinski definition) is 0. The number of rotatable bonds is 8. The van der Waals surface area contributed by atoms with E-state index in [1.165, 1.54) is 19.3 Å². The third-order valence-electron chi connectivity index (χ3n) is 3.19. The van der Waals surface area contributed by atoms with Crippen LogP contribution in [0.4, 0.5) is 0 Å². The van der Waals surface area contributed by atoms with Gasteiger partial charge >= 0.3 is 5.97 Å². The van der Waals surface area contributed by atoms with Gasteiger partial charge in [-0.1, -0.05) is 57.7 Å². The average molecular weight is 248 g/mol. The molecule has 0 spiro atoms. The monoisotopic (exact) mass is 248 g/mol. The Morgan fingerprint density at radius 3 is 2.44 bits per heavy atom. The van der Waals surface area contributed by atoms with E-state index in [0.717, 1.165) is 19.3 Å². The quantitative estimate of drug-likeness (QED) is 0.382. The molecule has 1 aromatic rings. The van der Waals surface area contributed by atoms with Crippen LogP contribution in [0, 0.1) is 5.92 Å². The molecule has 0 amide bonds. The van der Waals surface area contributed by atoms with Crippen LogP contribution in [0.15, 0.2) is 30.3 Å². The van der Waals surface area contributed by atoms with Crippen molar-refractivity contribution in [2.75, 3.05) is 0 Å². The fraction of sp³-hybridized carbons (Fsp3) is 0.562. The van der Waals surface area contributed by atoms with Crippen LogP contribution in [-0.2, 0) is 4.79 Å². The van der Waals surface area contributed by atoms with Crippen molar-refractivity contribution in [1.82, 2.24) is 0 Å². The molecule has 0 fully saturated rings. The number of carbonyl (C=O) groups excluding carboxylic acids is 1. The van der Waals surface area contributed by atoms with Crippen molar-refractivity contribution in [2.24, 2.45) is 5.92 Å². The number of unbranched alkanes of at least 4 members (excludes halogenated alkanes) is 3. The number of esters is 1. The standard InChI is InChI=1S/C16H24O2/c1-3-5-6-8-11-14(4-2)16(17)18-15-12-9-7-10-13-15/h7,9-10,12-14H,3-6,8,11H2,1-2H3. The third-order valence-corrected chi connectivity index (χ3v) is 3.19. The van der Waals surface area contributed by atoms with E-state index >= 15 is 0 Å². The summed E-state index contributed by atoms with van der Waals surface area (Å²) >= 11 is 0. The van der Waals surface area contributed by atoms with Crippen molar-refractivity contribution in [3.63, 3.8) is 0 Å². The minimum atomic E-state index is -0.0831. The lowest BCUT2D eigenvalue weighted by atomic mass is 9.98. The van der Waals surface area contributed by atoms with E-state index < -0.39 is 0 Å². The van der Waals surface area contributed by atoms with Gasteiger partial charge in [0.2, 0.25) is 0 Å².